The first-order valence-corrected chi connectivity index (χ1v) is 10.3. The van der Waals surface area contributed by atoms with Gasteiger partial charge in [0.15, 0.2) is 5.58 Å². The minimum atomic E-state index is -0.765. The molecule has 2 aromatic heterocycles. The number of fused-ring (bicyclic) bond motifs is 2. The Morgan fingerprint density at radius 3 is 2.78 bits per heavy atom. The van der Waals surface area contributed by atoms with Crippen molar-refractivity contribution in [1.29, 1.82) is 0 Å². The molecule has 0 bridgehead atoms. The maximum Gasteiger partial charge on any atom is 0.420 e. The lowest BCUT2D eigenvalue weighted by Crippen LogP contribution is -2.24. The number of para-hydroxylation sites is 1. The van der Waals surface area contributed by atoms with Crippen LogP contribution in [0.25, 0.3) is 31.9 Å². The van der Waals surface area contributed by atoms with Crippen LogP contribution in [0, 0.1) is 10.1 Å². The zero-order chi connectivity index (χ0) is 22.2. The Labute approximate surface area is 183 Å². The van der Waals surface area contributed by atoms with Crippen molar-refractivity contribution < 1.29 is 14.1 Å². The highest BCUT2D eigenvalue weighted by atomic mass is 32.1. The fraction of sp³-hybridized carbons (Fsp3) is 0.0455. The first-order valence-electron chi connectivity index (χ1n) is 9.51. The van der Waals surface area contributed by atoms with Gasteiger partial charge in [-0.3, -0.25) is 19.5 Å². The van der Waals surface area contributed by atoms with Crippen molar-refractivity contribution >= 4 is 49.9 Å². The first kappa shape index (κ1) is 19.6. The zero-order valence-electron chi connectivity index (χ0n) is 16.3. The molecule has 1 amide bonds. The lowest BCUT2D eigenvalue weighted by atomic mass is 10.2. The molecule has 5 aromatic rings. The number of nitro benzene ring substituents is 1. The maximum atomic E-state index is 12.6. The second-order valence-corrected chi connectivity index (χ2v) is 8.01. The van der Waals surface area contributed by atoms with E-state index in [2.05, 4.69) is 10.3 Å². The van der Waals surface area contributed by atoms with E-state index in [4.69, 9.17) is 4.42 Å². The summed E-state index contributed by atoms with van der Waals surface area (Å²) < 4.78 is 7.27. The van der Waals surface area contributed by atoms with E-state index in [9.17, 15) is 19.7 Å². The first-order chi connectivity index (χ1) is 15.5. The Kier molecular flexibility index (Phi) is 4.75. The molecule has 158 valence electrons. The molecule has 0 saturated heterocycles. The van der Waals surface area contributed by atoms with Crippen molar-refractivity contribution in [3.8, 4) is 10.6 Å². The summed E-state index contributed by atoms with van der Waals surface area (Å²) >= 11 is 1.56. The number of aromatic nitrogens is 2. The highest BCUT2D eigenvalue weighted by Gasteiger charge is 2.16. The smallest absolute Gasteiger partial charge is 0.407 e. The molecule has 0 atom stereocenters. The number of benzene rings is 3. The van der Waals surface area contributed by atoms with Gasteiger partial charge >= 0.3 is 5.76 Å². The third-order valence-corrected chi connectivity index (χ3v) is 5.94. The number of hydrogen-bond donors (Lipinski definition) is 1. The number of oxazole rings is 1. The Morgan fingerprint density at radius 2 is 1.97 bits per heavy atom. The van der Waals surface area contributed by atoms with E-state index in [1.807, 2.05) is 42.5 Å². The van der Waals surface area contributed by atoms with Crippen molar-refractivity contribution in [3.05, 3.63) is 87.4 Å². The molecule has 0 fully saturated rings. The molecule has 0 aliphatic heterocycles. The summed E-state index contributed by atoms with van der Waals surface area (Å²) in [6.07, 6.45) is 0. The number of amides is 1. The topological polar surface area (TPSA) is 120 Å². The van der Waals surface area contributed by atoms with Crippen molar-refractivity contribution in [2.45, 2.75) is 6.54 Å². The molecular weight excluding hydrogens is 432 g/mol. The SMILES string of the molecule is O=C(Cn1c(=O)oc2cc([N+](=O)[O-])ccc21)Nc1cccc(-c2nc3ccccc3s2)c1. The molecule has 0 unspecified atom stereocenters. The molecule has 0 spiro atoms. The summed E-state index contributed by atoms with van der Waals surface area (Å²) in [5.74, 6) is -1.20. The largest absolute Gasteiger partial charge is 0.420 e. The van der Waals surface area contributed by atoms with E-state index in [1.54, 1.807) is 17.4 Å². The van der Waals surface area contributed by atoms with Crippen LogP contribution in [0.4, 0.5) is 11.4 Å². The van der Waals surface area contributed by atoms with Gasteiger partial charge in [-0.25, -0.2) is 9.78 Å². The van der Waals surface area contributed by atoms with Crippen LogP contribution in [0.2, 0.25) is 0 Å². The fourth-order valence-electron chi connectivity index (χ4n) is 3.39. The van der Waals surface area contributed by atoms with Crippen LogP contribution in [0.1, 0.15) is 0 Å². The number of hydrogen-bond acceptors (Lipinski definition) is 7. The van der Waals surface area contributed by atoms with Gasteiger partial charge in [0.05, 0.1) is 26.7 Å². The van der Waals surface area contributed by atoms with Crippen LogP contribution < -0.4 is 11.1 Å². The molecule has 9 nitrogen and oxygen atoms in total. The molecule has 5 rings (SSSR count). The number of nitrogens with one attached hydrogen (secondary N) is 1. The molecule has 2 heterocycles. The summed E-state index contributed by atoms with van der Waals surface area (Å²) in [6.45, 7) is -0.297. The summed E-state index contributed by atoms with van der Waals surface area (Å²) in [5.41, 5.74) is 2.49. The Bertz CT molecular complexity index is 1530. The van der Waals surface area contributed by atoms with Gasteiger partial charge in [-0.1, -0.05) is 24.3 Å². The Balaban J connectivity index is 1.38. The van der Waals surface area contributed by atoms with Crippen molar-refractivity contribution in [3.63, 3.8) is 0 Å². The fourth-order valence-corrected chi connectivity index (χ4v) is 4.35. The third-order valence-electron chi connectivity index (χ3n) is 4.85. The van der Waals surface area contributed by atoms with Gasteiger partial charge < -0.3 is 9.73 Å². The highest BCUT2D eigenvalue weighted by Crippen LogP contribution is 2.31. The van der Waals surface area contributed by atoms with Gasteiger partial charge in [0, 0.05) is 17.3 Å². The van der Waals surface area contributed by atoms with Crippen LogP contribution >= 0.6 is 11.3 Å². The Morgan fingerprint density at radius 1 is 1.12 bits per heavy atom. The van der Waals surface area contributed by atoms with Crippen LogP contribution in [0.15, 0.2) is 75.9 Å². The number of nitro groups is 1. The van der Waals surface area contributed by atoms with Gasteiger partial charge in [-0.15, -0.1) is 11.3 Å². The number of nitrogens with zero attached hydrogens (tertiary/aromatic N) is 3. The van der Waals surface area contributed by atoms with E-state index in [-0.39, 0.29) is 17.8 Å². The predicted molar refractivity (Wildman–Crippen MR) is 121 cm³/mol. The number of non-ortho nitro benzene ring substituents is 1. The average molecular weight is 446 g/mol. The van der Waals surface area contributed by atoms with Crippen LogP contribution in [0.3, 0.4) is 0 Å². The molecule has 0 radical (unpaired) electrons. The molecule has 0 aliphatic carbocycles. The van der Waals surface area contributed by atoms with Gasteiger partial charge in [-0.2, -0.15) is 0 Å². The lowest BCUT2D eigenvalue weighted by Gasteiger charge is -2.07. The summed E-state index contributed by atoms with van der Waals surface area (Å²) in [5, 5.41) is 14.5. The quantitative estimate of drug-likeness (QED) is 0.315. The monoisotopic (exact) mass is 446 g/mol. The minimum Gasteiger partial charge on any atom is -0.407 e. The van der Waals surface area contributed by atoms with Gasteiger partial charge in [0.2, 0.25) is 5.91 Å². The van der Waals surface area contributed by atoms with Gasteiger partial charge in [-0.05, 0) is 30.3 Å². The van der Waals surface area contributed by atoms with Crippen LogP contribution in [-0.2, 0) is 11.3 Å². The Hall–Kier alpha value is -4.31. The molecule has 0 aliphatic rings. The predicted octanol–water partition coefficient (Wildman–Crippen LogP) is 4.42. The number of anilines is 1. The van der Waals surface area contributed by atoms with Crippen molar-refractivity contribution in [2.75, 3.05) is 5.32 Å². The van der Waals surface area contributed by atoms with E-state index in [0.717, 1.165) is 31.4 Å². The van der Waals surface area contributed by atoms with E-state index < -0.39 is 16.6 Å². The van der Waals surface area contributed by atoms with Crippen LogP contribution in [0.5, 0.6) is 0 Å². The van der Waals surface area contributed by atoms with E-state index >= 15 is 0 Å². The lowest BCUT2D eigenvalue weighted by molar-refractivity contribution is -0.384. The van der Waals surface area contributed by atoms with Crippen molar-refractivity contribution in [2.24, 2.45) is 0 Å². The molecule has 3 aromatic carbocycles. The highest BCUT2D eigenvalue weighted by molar-refractivity contribution is 7.21. The molecule has 1 N–H and O–H groups in total. The van der Waals surface area contributed by atoms with E-state index in [0.29, 0.717) is 11.2 Å². The molecule has 0 saturated carbocycles. The van der Waals surface area contributed by atoms with E-state index in [1.165, 1.54) is 12.1 Å². The number of carbonyl (C=O) groups excluding carboxylic acids is 1. The normalized spacial score (nSPS) is 11.1. The number of thiazole rings is 1. The second-order valence-electron chi connectivity index (χ2n) is 6.98. The summed E-state index contributed by atoms with van der Waals surface area (Å²) in [4.78, 5) is 39.7. The van der Waals surface area contributed by atoms with Crippen molar-refractivity contribution in [1.82, 2.24) is 9.55 Å². The van der Waals surface area contributed by atoms with Crippen LogP contribution in [-0.4, -0.2) is 20.4 Å². The number of rotatable bonds is 5. The summed E-state index contributed by atoms with van der Waals surface area (Å²) in [7, 11) is 0. The summed E-state index contributed by atoms with van der Waals surface area (Å²) in [6, 6.07) is 18.9. The zero-order valence-corrected chi connectivity index (χ0v) is 17.2. The molecule has 32 heavy (non-hydrogen) atoms. The minimum absolute atomic E-state index is 0.0508. The number of carbonyl (C=O) groups is 1. The molecule has 10 heteroatoms. The maximum absolute atomic E-state index is 12.6. The van der Waals surface area contributed by atoms with Gasteiger partial charge in [0.25, 0.3) is 5.69 Å². The average Bonchev–Trinajstić information content (AvgIpc) is 3.34. The third kappa shape index (κ3) is 3.63. The standard InChI is InChI=1S/C22H14N4O5S/c27-20(12-25-17-9-8-15(26(29)30)11-18(17)31-22(25)28)23-14-5-3-4-13(10-14)21-24-16-6-1-2-7-19(16)32-21/h1-11H,12H2,(H,23,27). The van der Waals surface area contributed by atoms with Gasteiger partial charge in [0.1, 0.15) is 11.6 Å². The second kappa shape index (κ2) is 7.75. The molecular formula is C22H14N4O5S.